The Morgan fingerprint density at radius 2 is 2.20 bits per heavy atom. The van der Waals surface area contributed by atoms with Crippen molar-refractivity contribution in [2.45, 2.75) is 24.9 Å². The number of hydrogen-bond acceptors (Lipinski definition) is 5. The van der Waals surface area contributed by atoms with Gasteiger partial charge in [-0.25, -0.2) is 15.8 Å². The van der Waals surface area contributed by atoms with Gasteiger partial charge in [0.05, 0.1) is 0 Å². The Balaban J connectivity index is 2.20. The molecule has 0 fully saturated rings. The number of hydrazine groups is 1. The highest BCUT2D eigenvalue weighted by Gasteiger charge is 2.00. The molecular weight excluding hydrogens is 212 g/mol. The van der Waals surface area contributed by atoms with Crippen LogP contribution in [0.25, 0.3) is 0 Å². The fourth-order valence-corrected chi connectivity index (χ4v) is 1.65. The lowest BCUT2D eigenvalue weighted by molar-refractivity contribution is -0.121. The van der Waals surface area contributed by atoms with Crippen LogP contribution < -0.4 is 11.3 Å². The number of nitrogens with one attached hydrogen (secondary N) is 1. The lowest BCUT2D eigenvalue weighted by Crippen LogP contribution is -2.29. The lowest BCUT2D eigenvalue weighted by atomic mass is 10.3. The summed E-state index contributed by atoms with van der Waals surface area (Å²) in [6.07, 6.45) is 4.77. The van der Waals surface area contributed by atoms with Crippen molar-refractivity contribution in [1.82, 2.24) is 15.4 Å². The second-order valence-corrected chi connectivity index (χ2v) is 4.12. The number of nitrogens with zero attached hydrogens (tertiary/aromatic N) is 2. The summed E-state index contributed by atoms with van der Waals surface area (Å²) in [6, 6.07) is 0. The predicted octanol–water partition coefficient (Wildman–Crippen LogP) is 0.647. The molecule has 0 saturated heterocycles. The van der Waals surface area contributed by atoms with E-state index in [1.54, 1.807) is 12.4 Å². The molecule has 1 amide bonds. The van der Waals surface area contributed by atoms with Crippen molar-refractivity contribution in [3.05, 3.63) is 18.0 Å². The number of nitrogens with two attached hydrogens (primary N) is 1. The molecule has 15 heavy (non-hydrogen) atoms. The molecule has 1 heterocycles. The summed E-state index contributed by atoms with van der Waals surface area (Å²) in [7, 11) is 0. The van der Waals surface area contributed by atoms with Gasteiger partial charge in [-0.1, -0.05) is 11.8 Å². The molecule has 0 aliphatic rings. The van der Waals surface area contributed by atoms with Crippen LogP contribution in [0.5, 0.6) is 0 Å². The zero-order chi connectivity index (χ0) is 11.1. The molecule has 5 nitrogen and oxygen atoms in total. The summed E-state index contributed by atoms with van der Waals surface area (Å²) in [4.78, 5) is 19.1. The Morgan fingerprint density at radius 3 is 2.80 bits per heavy atom. The molecule has 82 valence electrons. The summed E-state index contributed by atoms with van der Waals surface area (Å²) >= 11 is 1.54. The number of carbonyl (C=O) groups is 1. The summed E-state index contributed by atoms with van der Waals surface area (Å²) in [6.45, 7) is 1.94. The minimum Gasteiger partial charge on any atom is -0.294 e. The molecule has 0 bridgehead atoms. The molecule has 0 atom stereocenters. The van der Waals surface area contributed by atoms with Crippen LogP contribution in [0.4, 0.5) is 0 Å². The Hall–Kier alpha value is -1.14. The van der Waals surface area contributed by atoms with Crippen molar-refractivity contribution in [2.24, 2.45) is 5.84 Å². The average Bonchev–Trinajstić information content (AvgIpc) is 2.26. The molecular formula is C9H14N4OS. The van der Waals surface area contributed by atoms with Gasteiger partial charge in [-0.15, -0.1) is 0 Å². The Morgan fingerprint density at radius 1 is 1.53 bits per heavy atom. The SMILES string of the molecule is Cc1cnc(SCCCC(=O)NN)nc1. The molecule has 1 rings (SSSR count). The van der Waals surface area contributed by atoms with Crippen molar-refractivity contribution in [3.63, 3.8) is 0 Å². The highest BCUT2D eigenvalue weighted by molar-refractivity contribution is 7.99. The van der Waals surface area contributed by atoms with Crippen LogP contribution in [0.3, 0.4) is 0 Å². The highest BCUT2D eigenvalue weighted by Crippen LogP contribution is 2.13. The minimum absolute atomic E-state index is 0.138. The highest BCUT2D eigenvalue weighted by atomic mass is 32.2. The molecule has 0 aliphatic carbocycles. The summed E-state index contributed by atoms with van der Waals surface area (Å²) in [5, 5.41) is 0.744. The van der Waals surface area contributed by atoms with E-state index in [0.29, 0.717) is 6.42 Å². The summed E-state index contributed by atoms with van der Waals surface area (Å²) in [5.74, 6) is 5.63. The molecule has 6 heteroatoms. The Bertz CT molecular complexity index is 314. The van der Waals surface area contributed by atoms with Gasteiger partial charge in [-0.3, -0.25) is 10.2 Å². The number of aromatic nitrogens is 2. The number of rotatable bonds is 5. The molecule has 0 unspecified atom stereocenters. The number of carbonyl (C=O) groups excluding carboxylic acids is 1. The number of thioether (sulfide) groups is 1. The van der Waals surface area contributed by atoms with Gasteiger partial charge in [0.2, 0.25) is 5.91 Å². The molecule has 0 saturated carbocycles. The molecule has 1 aromatic heterocycles. The monoisotopic (exact) mass is 226 g/mol. The van der Waals surface area contributed by atoms with E-state index in [4.69, 9.17) is 5.84 Å². The van der Waals surface area contributed by atoms with Crippen LogP contribution >= 0.6 is 11.8 Å². The van der Waals surface area contributed by atoms with E-state index < -0.39 is 0 Å². The van der Waals surface area contributed by atoms with Crippen molar-refractivity contribution >= 4 is 17.7 Å². The molecule has 0 aromatic carbocycles. The van der Waals surface area contributed by atoms with Crippen molar-refractivity contribution in [2.75, 3.05) is 5.75 Å². The molecule has 0 aliphatic heterocycles. The Kier molecular flexibility index (Phi) is 5.06. The van der Waals surface area contributed by atoms with E-state index in [0.717, 1.165) is 22.9 Å². The van der Waals surface area contributed by atoms with E-state index in [2.05, 4.69) is 15.4 Å². The van der Waals surface area contributed by atoms with Crippen LogP contribution in [-0.2, 0) is 4.79 Å². The van der Waals surface area contributed by atoms with Gasteiger partial charge >= 0.3 is 0 Å². The van der Waals surface area contributed by atoms with Crippen LogP contribution in [0.15, 0.2) is 17.6 Å². The first-order chi connectivity index (χ1) is 7.22. The maximum absolute atomic E-state index is 10.8. The zero-order valence-corrected chi connectivity index (χ0v) is 9.38. The Labute approximate surface area is 92.8 Å². The van der Waals surface area contributed by atoms with Gasteiger partial charge in [0.25, 0.3) is 0 Å². The second-order valence-electron chi connectivity index (χ2n) is 3.06. The van der Waals surface area contributed by atoms with Gasteiger partial charge < -0.3 is 0 Å². The van der Waals surface area contributed by atoms with Gasteiger partial charge in [0.15, 0.2) is 5.16 Å². The molecule has 0 spiro atoms. The zero-order valence-electron chi connectivity index (χ0n) is 8.56. The van der Waals surface area contributed by atoms with Crippen LogP contribution in [0.2, 0.25) is 0 Å². The van der Waals surface area contributed by atoms with Gasteiger partial charge in [0, 0.05) is 24.6 Å². The summed E-state index contributed by atoms with van der Waals surface area (Å²) < 4.78 is 0. The van der Waals surface area contributed by atoms with Gasteiger partial charge in [-0.2, -0.15) is 0 Å². The standard InChI is InChI=1S/C9H14N4OS/c1-7-5-11-9(12-6-7)15-4-2-3-8(14)13-10/h5-6H,2-4,10H2,1H3,(H,13,14). The third-order valence-electron chi connectivity index (χ3n) is 1.70. The normalized spacial score (nSPS) is 10.0. The summed E-state index contributed by atoms with van der Waals surface area (Å²) in [5.41, 5.74) is 3.14. The number of amides is 1. The lowest BCUT2D eigenvalue weighted by Gasteiger charge is -2.00. The first-order valence-corrected chi connectivity index (χ1v) is 5.62. The fraction of sp³-hybridized carbons (Fsp3) is 0.444. The maximum atomic E-state index is 10.8. The number of hydrogen-bond donors (Lipinski definition) is 2. The van der Waals surface area contributed by atoms with Crippen LogP contribution in [0.1, 0.15) is 18.4 Å². The van der Waals surface area contributed by atoms with Crippen molar-refractivity contribution in [1.29, 1.82) is 0 Å². The topological polar surface area (TPSA) is 80.9 Å². The van der Waals surface area contributed by atoms with E-state index in [-0.39, 0.29) is 5.91 Å². The third kappa shape index (κ3) is 4.75. The van der Waals surface area contributed by atoms with E-state index in [1.807, 2.05) is 6.92 Å². The quantitative estimate of drug-likeness (QED) is 0.192. The van der Waals surface area contributed by atoms with Crippen LogP contribution in [0, 0.1) is 6.92 Å². The van der Waals surface area contributed by atoms with E-state index >= 15 is 0 Å². The second kappa shape index (κ2) is 6.36. The fourth-order valence-electron chi connectivity index (χ4n) is 0.924. The maximum Gasteiger partial charge on any atom is 0.233 e. The molecule has 1 aromatic rings. The number of aryl methyl sites for hydroxylation is 1. The average molecular weight is 226 g/mol. The molecule has 3 N–H and O–H groups in total. The van der Waals surface area contributed by atoms with E-state index in [1.165, 1.54) is 11.8 Å². The van der Waals surface area contributed by atoms with Gasteiger partial charge in [0.1, 0.15) is 0 Å². The minimum atomic E-state index is -0.138. The van der Waals surface area contributed by atoms with Gasteiger partial charge in [-0.05, 0) is 18.9 Å². The smallest absolute Gasteiger partial charge is 0.233 e. The molecule has 0 radical (unpaired) electrons. The van der Waals surface area contributed by atoms with Crippen molar-refractivity contribution in [3.8, 4) is 0 Å². The third-order valence-corrected chi connectivity index (χ3v) is 2.66. The van der Waals surface area contributed by atoms with Crippen molar-refractivity contribution < 1.29 is 4.79 Å². The van der Waals surface area contributed by atoms with Crippen LogP contribution in [-0.4, -0.2) is 21.6 Å². The first-order valence-electron chi connectivity index (χ1n) is 4.63. The first kappa shape index (κ1) is 11.9. The predicted molar refractivity (Wildman–Crippen MR) is 59.1 cm³/mol. The largest absolute Gasteiger partial charge is 0.294 e. The van der Waals surface area contributed by atoms with E-state index in [9.17, 15) is 4.79 Å².